The van der Waals surface area contributed by atoms with Crippen molar-refractivity contribution in [1.29, 1.82) is 0 Å². The average Bonchev–Trinajstić information content (AvgIpc) is 3.13. The lowest BCUT2D eigenvalue weighted by molar-refractivity contribution is -0.130. The van der Waals surface area contributed by atoms with Crippen LogP contribution in [0.5, 0.6) is 0 Å². The second-order valence-electron chi connectivity index (χ2n) is 8.21. The number of carbonyl (C=O) groups excluding carboxylic acids is 3. The van der Waals surface area contributed by atoms with Crippen molar-refractivity contribution in [1.82, 2.24) is 19.8 Å². The SMILES string of the molecule is NC(=O)Cn1c(CN2C(=O)NC(c3ccccc3)(c3ccccc3)C2=O)nc2ccccc2c1=O. The molecule has 9 nitrogen and oxygen atoms in total. The molecule has 1 saturated heterocycles. The van der Waals surface area contributed by atoms with Gasteiger partial charge in [-0.1, -0.05) is 72.8 Å². The number of para-hydroxylation sites is 1. The first kappa shape index (κ1) is 22.0. The maximum absolute atomic E-state index is 14.0. The number of amides is 4. The van der Waals surface area contributed by atoms with Crippen LogP contribution in [0.1, 0.15) is 17.0 Å². The first-order valence-electron chi connectivity index (χ1n) is 10.9. The zero-order chi connectivity index (χ0) is 24.6. The third-order valence-corrected chi connectivity index (χ3v) is 6.07. The Hall–Kier alpha value is -4.79. The van der Waals surface area contributed by atoms with Gasteiger partial charge in [0.25, 0.3) is 11.5 Å². The highest BCUT2D eigenvalue weighted by atomic mass is 16.2. The van der Waals surface area contributed by atoms with Gasteiger partial charge in [0.1, 0.15) is 12.4 Å². The number of hydrogen-bond donors (Lipinski definition) is 2. The lowest BCUT2D eigenvalue weighted by Gasteiger charge is -2.28. The fraction of sp³-hybridized carbons (Fsp3) is 0.115. The number of primary amides is 1. The molecule has 0 atom stereocenters. The molecule has 0 bridgehead atoms. The van der Waals surface area contributed by atoms with E-state index in [-0.39, 0.29) is 12.4 Å². The van der Waals surface area contributed by atoms with E-state index in [0.717, 1.165) is 9.47 Å². The van der Waals surface area contributed by atoms with E-state index in [1.54, 1.807) is 72.8 Å². The Morgan fingerprint density at radius 3 is 2.03 bits per heavy atom. The quantitative estimate of drug-likeness (QED) is 0.419. The van der Waals surface area contributed by atoms with Crippen molar-refractivity contribution in [3.63, 3.8) is 0 Å². The minimum absolute atomic E-state index is 0.0768. The molecule has 1 aliphatic rings. The van der Waals surface area contributed by atoms with Crippen molar-refractivity contribution in [2.75, 3.05) is 0 Å². The van der Waals surface area contributed by atoms with Crippen LogP contribution in [0.4, 0.5) is 4.79 Å². The molecule has 9 heteroatoms. The molecular weight excluding hydrogens is 446 g/mol. The van der Waals surface area contributed by atoms with Gasteiger partial charge in [-0.2, -0.15) is 0 Å². The molecule has 1 fully saturated rings. The summed E-state index contributed by atoms with van der Waals surface area (Å²) in [7, 11) is 0. The maximum atomic E-state index is 14.0. The van der Waals surface area contributed by atoms with Gasteiger partial charge in [0.15, 0.2) is 5.54 Å². The van der Waals surface area contributed by atoms with E-state index in [4.69, 9.17) is 5.73 Å². The molecule has 5 rings (SSSR count). The Morgan fingerprint density at radius 2 is 1.43 bits per heavy atom. The predicted octanol–water partition coefficient (Wildman–Crippen LogP) is 1.88. The molecule has 1 aliphatic heterocycles. The molecule has 174 valence electrons. The van der Waals surface area contributed by atoms with E-state index in [0.29, 0.717) is 22.0 Å². The Kier molecular flexibility index (Phi) is 5.37. The van der Waals surface area contributed by atoms with Gasteiger partial charge < -0.3 is 11.1 Å². The molecule has 0 saturated carbocycles. The number of fused-ring (bicyclic) bond motifs is 1. The summed E-state index contributed by atoms with van der Waals surface area (Å²) in [6.07, 6.45) is 0. The van der Waals surface area contributed by atoms with E-state index in [9.17, 15) is 19.2 Å². The summed E-state index contributed by atoms with van der Waals surface area (Å²) in [5, 5.41) is 3.17. The van der Waals surface area contributed by atoms with Crippen LogP contribution in [0.15, 0.2) is 89.7 Å². The van der Waals surface area contributed by atoms with Gasteiger partial charge >= 0.3 is 6.03 Å². The molecule has 0 unspecified atom stereocenters. The average molecular weight is 467 g/mol. The van der Waals surface area contributed by atoms with Gasteiger partial charge in [0.2, 0.25) is 5.91 Å². The molecule has 0 aliphatic carbocycles. The van der Waals surface area contributed by atoms with E-state index in [2.05, 4.69) is 10.3 Å². The lowest BCUT2D eigenvalue weighted by atomic mass is 9.82. The summed E-state index contributed by atoms with van der Waals surface area (Å²) in [5.74, 6) is -1.19. The van der Waals surface area contributed by atoms with Crippen molar-refractivity contribution in [3.05, 3.63) is 112 Å². The van der Waals surface area contributed by atoms with Crippen molar-refractivity contribution >= 4 is 28.7 Å². The van der Waals surface area contributed by atoms with Crippen LogP contribution in [0.3, 0.4) is 0 Å². The molecule has 1 aromatic heterocycles. The highest BCUT2D eigenvalue weighted by Gasteiger charge is 2.53. The Bertz CT molecular complexity index is 1480. The normalized spacial score (nSPS) is 14.8. The van der Waals surface area contributed by atoms with Gasteiger partial charge in [-0.15, -0.1) is 0 Å². The van der Waals surface area contributed by atoms with E-state index in [1.807, 2.05) is 12.1 Å². The fourth-order valence-electron chi connectivity index (χ4n) is 4.45. The van der Waals surface area contributed by atoms with Crippen LogP contribution in [-0.4, -0.2) is 32.3 Å². The monoisotopic (exact) mass is 467 g/mol. The van der Waals surface area contributed by atoms with Crippen LogP contribution in [0, 0.1) is 0 Å². The number of imide groups is 1. The minimum Gasteiger partial charge on any atom is -0.368 e. The molecule has 4 amide bonds. The van der Waals surface area contributed by atoms with Gasteiger partial charge in [0, 0.05) is 0 Å². The fourth-order valence-corrected chi connectivity index (χ4v) is 4.45. The summed E-state index contributed by atoms with van der Waals surface area (Å²) >= 11 is 0. The van der Waals surface area contributed by atoms with Crippen LogP contribution >= 0.6 is 0 Å². The van der Waals surface area contributed by atoms with Crippen molar-refractivity contribution in [3.8, 4) is 0 Å². The number of nitrogens with zero attached hydrogens (tertiary/aromatic N) is 3. The minimum atomic E-state index is -1.45. The Morgan fingerprint density at radius 1 is 0.857 bits per heavy atom. The molecular formula is C26H21N5O4. The Balaban J connectivity index is 1.63. The number of nitrogens with one attached hydrogen (secondary N) is 1. The predicted molar refractivity (Wildman–Crippen MR) is 128 cm³/mol. The van der Waals surface area contributed by atoms with Crippen molar-refractivity contribution < 1.29 is 14.4 Å². The van der Waals surface area contributed by atoms with Gasteiger partial charge in [-0.3, -0.25) is 23.9 Å². The molecule has 0 radical (unpaired) electrons. The smallest absolute Gasteiger partial charge is 0.325 e. The third-order valence-electron chi connectivity index (χ3n) is 6.07. The van der Waals surface area contributed by atoms with E-state index >= 15 is 0 Å². The molecule has 35 heavy (non-hydrogen) atoms. The number of rotatable bonds is 6. The van der Waals surface area contributed by atoms with Crippen LogP contribution < -0.4 is 16.6 Å². The zero-order valence-corrected chi connectivity index (χ0v) is 18.5. The molecule has 2 heterocycles. The van der Waals surface area contributed by atoms with Crippen molar-refractivity contribution in [2.45, 2.75) is 18.6 Å². The number of benzene rings is 3. The second kappa shape index (κ2) is 8.53. The summed E-state index contributed by atoms with van der Waals surface area (Å²) in [6.45, 7) is -0.752. The van der Waals surface area contributed by atoms with Crippen LogP contribution in [0.25, 0.3) is 10.9 Å². The van der Waals surface area contributed by atoms with E-state index < -0.39 is 35.5 Å². The van der Waals surface area contributed by atoms with Crippen molar-refractivity contribution in [2.24, 2.45) is 5.73 Å². The van der Waals surface area contributed by atoms with Gasteiger partial charge in [-0.25, -0.2) is 9.78 Å². The standard InChI is InChI=1S/C26H21N5O4/c27-21(32)15-30-22(28-20-14-8-7-13-19(20)23(30)33)16-31-24(34)26(29-25(31)35,17-9-3-1-4-10-17)18-11-5-2-6-12-18/h1-14H,15-16H2,(H2,27,32)(H,29,35). The number of aromatic nitrogens is 2. The summed E-state index contributed by atoms with van der Waals surface area (Å²) < 4.78 is 1.11. The van der Waals surface area contributed by atoms with Gasteiger partial charge in [0.05, 0.1) is 17.4 Å². The summed E-state index contributed by atoms with van der Waals surface area (Å²) in [6, 6.07) is 23.9. The van der Waals surface area contributed by atoms with Crippen LogP contribution in [0.2, 0.25) is 0 Å². The molecule has 3 N–H and O–H groups in total. The highest BCUT2D eigenvalue weighted by molar-refractivity contribution is 6.09. The molecule has 3 aromatic carbocycles. The molecule has 4 aromatic rings. The second-order valence-corrected chi connectivity index (χ2v) is 8.21. The largest absolute Gasteiger partial charge is 0.368 e. The molecule has 0 spiro atoms. The first-order valence-corrected chi connectivity index (χ1v) is 10.9. The summed E-state index contributed by atoms with van der Waals surface area (Å²) in [4.78, 5) is 57.5. The number of urea groups is 1. The first-order chi connectivity index (χ1) is 16.9. The number of carbonyl (C=O) groups is 3. The number of nitrogens with two attached hydrogens (primary N) is 1. The van der Waals surface area contributed by atoms with Crippen LogP contribution in [-0.2, 0) is 28.2 Å². The zero-order valence-electron chi connectivity index (χ0n) is 18.5. The van der Waals surface area contributed by atoms with E-state index in [1.165, 1.54) is 0 Å². The maximum Gasteiger partial charge on any atom is 0.325 e. The Labute approximate surface area is 199 Å². The van der Waals surface area contributed by atoms with Gasteiger partial charge in [-0.05, 0) is 23.3 Å². The third kappa shape index (κ3) is 3.63. The summed E-state index contributed by atoms with van der Waals surface area (Å²) in [5.41, 5.74) is 5.02. The number of hydrogen-bond acceptors (Lipinski definition) is 5. The highest BCUT2D eigenvalue weighted by Crippen LogP contribution is 2.36. The lowest BCUT2D eigenvalue weighted by Crippen LogP contribution is -2.45. The topological polar surface area (TPSA) is 127 Å².